The van der Waals surface area contributed by atoms with Crippen molar-refractivity contribution < 1.29 is 38.5 Å². The van der Waals surface area contributed by atoms with Gasteiger partial charge in [0.1, 0.15) is 25.0 Å². The normalized spacial score (nSPS) is 12.6. The summed E-state index contributed by atoms with van der Waals surface area (Å²) < 4.78 is 18.7. The van der Waals surface area contributed by atoms with Crippen LogP contribution in [0.1, 0.15) is 27.9 Å². The first-order valence-corrected chi connectivity index (χ1v) is 17.3. The summed E-state index contributed by atoms with van der Waals surface area (Å²) in [5.74, 6) is -2.60. The molecule has 0 spiro atoms. The summed E-state index contributed by atoms with van der Waals surface area (Å²) in [7, 11) is 1.72. The van der Waals surface area contributed by atoms with Crippen molar-refractivity contribution in [2.75, 3.05) is 6.61 Å². The van der Waals surface area contributed by atoms with E-state index in [1.54, 1.807) is 72.4 Å². The van der Waals surface area contributed by atoms with E-state index in [1.807, 2.05) is 60.7 Å². The van der Waals surface area contributed by atoms with Gasteiger partial charge < -0.3 is 34.9 Å². The quantitative estimate of drug-likeness (QED) is 0.117. The van der Waals surface area contributed by atoms with Crippen LogP contribution in [0.25, 0.3) is 0 Å². The molecule has 0 aliphatic carbocycles. The molecule has 1 aromatic heterocycles. The Hall–Kier alpha value is -6.31. The number of hydrogen-bond acceptors (Lipinski definition) is 9. The molecule has 0 unspecified atom stereocenters. The standard InChI is InChI=1S/C41H43N5O8/c1-45-23-33(43-28-45)22-37(38(47)44-36(40(49)50)27-52-24-30-11-5-2-6-12-30)46(41(51)54-26-32-15-9-4-10-16-32)39(48)35(42)21-29-17-19-34(20-18-29)53-25-31-13-7-3-8-14-31/h2-20,23,28,35-37H,21-22,24-27,42H2,1H3,(H,44,47)(H,49,50)/t35-,36-,37-/m0/s1. The van der Waals surface area contributed by atoms with Gasteiger partial charge in [-0.2, -0.15) is 0 Å². The number of rotatable bonds is 18. The molecule has 0 radical (unpaired) electrons. The number of imidazole rings is 1. The van der Waals surface area contributed by atoms with E-state index in [4.69, 9.17) is 19.9 Å². The van der Waals surface area contributed by atoms with Crippen molar-refractivity contribution in [3.63, 3.8) is 0 Å². The molecule has 280 valence electrons. The van der Waals surface area contributed by atoms with Gasteiger partial charge in [0.15, 0.2) is 6.04 Å². The van der Waals surface area contributed by atoms with Gasteiger partial charge in [0, 0.05) is 19.7 Å². The number of carbonyl (C=O) groups is 4. The maximum absolute atomic E-state index is 14.2. The molecule has 0 aliphatic rings. The number of nitrogens with one attached hydrogen (secondary N) is 1. The smallest absolute Gasteiger partial charge is 0.417 e. The number of nitrogens with zero attached hydrogens (tertiary/aromatic N) is 3. The molecule has 13 heteroatoms. The van der Waals surface area contributed by atoms with Crippen molar-refractivity contribution in [1.82, 2.24) is 19.8 Å². The lowest BCUT2D eigenvalue weighted by Gasteiger charge is -2.31. The summed E-state index contributed by atoms with van der Waals surface area (Å²) in [4.78, 5) is 59.5. The van der Waals surface area contributed by atoms with E-state index < -0.39 is 42.0 Å². The van der Waals surface area contributed by atoms with Crippen LogP contribution in [0.3, 0.4) is 0 Å². The van der Waals surface area contributed by atoms with E-state index in [1.165, 1.54) is 6.33 Å². The zero-order chi connectivity index (χ0) is 38.3. The van der Waals surface area contributed by atoms with Crippen LogP contribution < -0.4 is 15.8 Å². The van der Waals surface area contributed by atoms with Gasteiger partial charge in [-0.15, -0.1) is 0 Å². The number of carboxylic acids is 1. The second-order valence-electron chi connectivity index (χ2n) is 12.6. The van der Waals surface area contributed by atoms with Crippen molar-refractivity contribution in [1.29, 1.82) is 0 Å². The molecule has 5 aromatic rings. The lowest BCUT2D eigenvalue weighted by Crippen LogP contribution is -2.59. The number of aryl methyl sites for hydroxylation is 1. The van der Waals surface area contributed by atoms with Crippen LogP contribution in [0.2, 0.25) is 0 Å². The highest BCUT2D eigenvalue weighted by Crippen LogP contribution is 2.18. The van der Waals surface area contributed by atoms with Crippen LogP contribution in [0, 0.1) is 0 Å². The average molecular weight is 734 g/mol. The van der Waals surface area contributed by atoms with Crippen molar-refractivity contribution in [2.24, 2.45) is 12.8 Å². The molecular weight excluding hydrogens is 690 g/mol. The van der Waals surface area contributed by atoms with Gasteiger partial charge >= 0.3 is 12.1 Å². The van der Waals surface area contributed by atoms with E-state index in [0.29, 0.717) is 34.1 Å². The maximum Gasteiger partial charge on any atom is 0.417 e. The topological polar surface area (TPSA) is 175 Å². The Bertz CT molecular complexity index is 1960. The lowest BCUT2D eigenvalue weighted by molar-refractivity contribution is -0.146. The first kappa shape index (κ1) is 38.9. The summed E-state index contributed by atoms with van der Waals surface area (Å²) >= 11 is 0. The summed E-state index contributed by atoms with van der Waals surface area (Å²) in [6.07, 6.45) is 1.74. The fourth-order valence-electron chi connectivity index (χ4n) is 5.53. The van der Waals surface area contributed by atoms with E-state index in [9.17, 15) is 24.3 Å². The van der Waals surface area contributed by atoms with Gasteiger partial charge in [0.2, 0.25) is 11.8 Å². The molecule has 4 N–H and O–H groups in total. The second-order valence-corrected chi connectivity index (χ2v) is 12.6. The fraction of sp³-hybridized carbons (Fsp3) is 0.244. The number of amides is 3. The van der Waals surface area contributed by atoms with Crippen molar-refractivity contribution in [3.8, 4) is 5.75 Å². The average Bonchev–Trinajstić information content (AvgIpc) is 3.61. The summed E-state index contributed by atoms with van der Waals surface area (Å²) in [6, 6.07) is 30.3. The van der Waals surface area contributed by atoms with Crippen LogP contribution in [-0.2, 0) is 63.6 Å². The molecule has 0 fully saturated rings. The van der Waals surface area contributed by atoms with Gasteiger partial charge in [-0.05, 0) is 40.8 Å². The molecule has 3 atom stereocenters. The molecule has 4 aromatic carbocycles. The minimum Gasteiger partial charge on any atom is -0.489 e. The number of benzene rings is 4. The molecule has 5 rings (SSSR count). The highest BCUT2D eigenvalue weighted by Gasteiger charge is 2.40. The largest absolute Gasteiger partial charge is 0.489 e. The third-order valence-corrected chi connectivity index (χ3v) is 8.37. The molecule has 0 aliphatic heterocycles. The molecular formula is C41H43N5O8. The Morgan fingerprint density at radius 3 is 1.91 bits per heavy atom. The Labute approximate surface area is 313 Å². The number of carboxylic acid groups (broad SMARTS) is 1. The minimum atomic E-state index is -1.59. The Morgan fingerprint density at radius 2 is 1.35 bits per heavy atom. The Morgan fingerprint density at radius 1 is 0.778 bits per heavy atom. The molecule has 54 heavy (non-hydrogen) atoms. The van der Waals surface area contributed by atoms with Gasteiger partial charge in [-0.25, -0.2) is 19.5 Å². The Kier molecular flexibility index (Phi) is 14.1. The van der Waals surface area contributed by atoms with Gasteiger partial charge in [-0.3, -0.25) is 9.59 Å². The van der Waals surface area contributed by atoms with E-state index in [-0.39, 0.29) is 32.7 Å². The van der Waals surface area contributed by atoms with Gasteiger partial charge in [0.25, 0.3) is 0 Å². The third kappa shape index (κ3) is 11.6. The van der Waals surface area contributed by atoms with Crippen LogP contribution in [-0.4, -0.2) is 68.2 Å². The fourth-order valence-corrected chi connectivity index (χ4v) is 5.53. The Balaban J connectivity index is 1.36. The monoisotopic (exact) mass is 733 g/mol. The highest BCUT2D eigenvalue weighted by atomic mass is 16.6. The van der Waals surface area contributed by atoms with Crippen LogP contribution >= 0.6 is 0 Å². The molecule has 3 amide bonds. The third-order valence-electron chi connectivity index (χ3n) is 8.37. The summed E-state index contributed by atoms with van der Waals surface area (Å²) in [5, 5.41) is 12.5. The molecule has 1 heterocycles. The van der Waals surface area contributed by atoms with Gasteiger partial charge in [-0.1, -0.05) is 103 Å². The van der Waals surface area contributed by atoms with Crippen molar-refractivity contribution in [3.05, 3.63) is 156 Å². The zero-order valence-electron chi connectivity index (χ0n) is 29.8. The number of aliphatic carboxylic acids is 1. The number of aromatic nitrogens is 2. The van der Waals surface area contributed by atoms with E-state index >= 15 is 0 Å². The predicted octanol–water partition coefficient (Wildman–Crippen LogP) is 4.43. The van der Waals surface area contributed by atoms with E-state index in [2.05, 4.69) is 10.3 Å². The predicted molar refractivity (Wildman–Crippen MR) is 199 cm³/mol. The number of nitrogens with two attached hydrogens (primary N) is 1. The van der Waals surface area contributed by atoms with Crippen LogP contribution in [0.15, 0.2) is 128 Å². The zero-order valence-corrected chi connectivity index (χ0v) is 29.8. The number of hydrogen-bond donors (Lipinski definition) is 3. The summed E-state index contributed by atoms with van der Waals surface area (Å²) in [6.45, 7) is -0.113. The van der Waals surface area contributed by atoms with Crippen molar-refractivity contribution >= 4 is 23.9 Å². The van der Waals surface area contributed by atoms with Crippen molar-refractivity contribution in [2.45, 2.75) is 50.8 Å². The first-order chi connectivity index (χ1) is 26.2. The number of carbonyl (C=O) groups excluding carboxylic acids is 3. The molecule has 0 bridgehead atoms. The molecule has 13 nitrogen and oxygen atoms in total. The molecule has 0 saturated heterocycles. The number of ether oxygens (including phenoxy) is 3. The minimum absolute atomic E-state index is 0.00324. The van der Waals surface area contributed by atoms with Gasteiger partial charge in [0.05, 0.1) is 31.3 Å². The lowest BCUT2D eigenvalue weighted by atomic mass is 10.0. The van der Waals surface area contributed by atoms with Crippen LogP contribution in [0.4, 0.5) is 4.79 Å². The highest BCUT2D eigenvalue weighted by molar-refractivity contribution is 6.01. The molecule has 0 saturated carbocycles. The maximum atomic E-state index is 14.2. The SMILES string of the molecule is Cn1cnc(C[C@@H](C(=O)N[C@@H](COCc2ccccc2)C(=O)O)N(C(=O)OCc2ccccc2)C(=O)[C@@H](N)Cc2ccc(OCc3ccccc3)cc2)c1. The first-order valence-electron chi connectivity index (χ1n) is 17.3. The van der Waals surface area contributed by atoms with E-state index in [0.717, 1.165) is 11.1 Å². The van der Waals surface area contributed by atoms with Crippen LogP contribution in [0.5, 0.6) is 5.75 Å². The number of imide groups is 1. The second kappa shape index (κ2) is 19.5. The summed E-state index contributed by atoms with van der Waals surface area (Å²) in [5.41, 5.74) is 9.97.